The van der Waals surface area contributed by atoms with Crippen LogP contribution in [-0.2, 0) is 14.8 Å². The zero-order valence-corrected chi connectivity index (χ0v) is 18.3. The number of hydrogen-bond acceptors (Lipinski definition) is 4. The van der Waals surface area contributed by atoms with E-state index in [1.54, 1.807) is 13.8 Å². The molecule has 27 heavy (non-hydrogen) atoms. The Bertz CT molecular complexity index is 742. The first-order valence-corrected chi connectivity index (χ1v) is 10.7. The summed E-state index contributed by atoms with van der Waals surface area (Å²) in [5.41, 5.74) is 8.47. The number of sulfonamides is 1. The lowest BCUT2D eigenvalue weighted by Gasteiger charge is -2.38. The number of nitrogens with two attached hydrogens (primary N) is 1. The molecule has 2 rings (SSSR count). The number of piperidine rings is 1. The SMILES string of the molecule is Cc1cc(C)c(S(=O)(=O)NCCC(=O)N2CCCCC2C(C)N)c(C)c1.Cl. The molecule has 0 aromatic heterocycles. The zero-order chi connectivity index (χ0) is 19.5. The molecule has 154 valence electrons. The maximum Gasteiger partial charge on any atom is 0.241 e. The highest BCUT2D eigenvalue weighted by molar-refractivity contribution is 7.89. The molecule has 0 bridgehead atoms. The van der Waals surface area contributed by atoms with E-state index in [-0.39, 0.29) is 43.4 Å². The molecule has 0 aliphatic carbocycles. The molecule has 1 aliphatic rings. The molecule has 2 unspecified atom stereocenters. The van der Waals surface area contributed by atoms with Gasteiger partial charge in [-0.25, -0.2) is 13.1 Å². The summed E-state index contributed by atoms with van der Waals surface area (Å²) in [6.45, 7) is 8.24. The summed E-state index contributed by atoms with van der Waals surface area (Å²) < 4.78 is 27.9. The zero-order valence-electron chi connectivity index (χ0n) is 16.6. The lowest BCUT2D eigenvalue weighted by molar-refractivity contribution is -0.135. The first-order valence-electron chi connectivity index (χ1n) is 9.26. The van der Waals surface area contributed by atoms with Crippen LogP contribution in [0.25, 0.3) is 0 Å². The fraction of sp³-hybridized carbons (Fsp3) is 0.632. The maximum absolute atomic E-state index is 12.7. The number of carbonyl (C=O) groups excluding carboxylic acids is 1. The number of hydrogen-bond donors (Lipinski definition) is 2. The lowest BCUT2D eigenvalue weighted by Crippen LogP contribution is -2.52. The van der Waals surface area contributed by atoms with Crippen molar-refractivity contribution < 1.29 is 13.2 Å². The number of likely N-dealkylation sites (tertiary alicyclic amines) is 1. The van der Waals surface area contributed by atoms with Crippen LogP contribution in [0.3, 0.4) is 0 Å². The van der Waals surface area contributed by atoms with E-state index in [1.807, 2.05) is 30.9 Å². The lowest BCUT2D eigenvalue weighted by atomic mass is 9.96. The molecule has 1 aromatic carbocycles. The second kappa shape index (κ2) is 9.87. The molecule has 3 N–H and O–H groups in total. The van der Waals surface area contributed by atoms with Crippen LogP contribution in [0.2, 0.25) is 0 Å². The summed E-state index contributed by atoms with van der Waals surface area (Å²) in [6.07, 6.45) is 3.11. The van der Waals surface area contributed by atoms with Crippen LogP contribution in [0.1, 0.15) is 49.3 Å². The number of rotatable bonds is 6. The Hall–Kier alpha value is -1.15. The molecular weight excluding hydrogens is 386 g/mol. The highest BCUT2D eigenvalue weighted by atomic mass is 35.5. The highest BCUT2D eigenvalue weighted by Gasteiger charge is 2.29. The number of benzene rings is 1. The van der Waals surface area contributed by atoms with Gasteiger partial charge in [0.2, 0.25) is 15.9 Å². The van der Waals surface area contributed by atoms with E-state index < -0.39 is 10.0 Å². The Morgan fingerprint density at radius 1 is 1.26 bits per heavy atom. The fourth-order valence-electron chi connectivity index (χ4n) is 3.91. The largest absolute Gasteiger partial charge is 0.338 e. The van der Waals surface area contributed by atoms with Gasteiger partial charge in [0.1, 0.15) is 0 Å². The Balaban J connectivity index is 0.00000364. The van der Waals surface area contributed by atoms with E-state index >= 15 is 0 Å². The molecule has 2 atom stereocenters. The van der Waals surface area contributed by atoms with E-state index in [4.69, 9.17) is 5.73 Å². The van der Waals surface area contributed by atoms with Gasteiger partial charge >= 0.3 is 0 Å². The summed E-state index contributed by atoms with van der Waals surface area (Å²) in [5.74, 6) is -0.0351. The first-order chi connectivity index (χ1) is 12.1. The molecule has 1 aliphatic heterocycles. The van der Waals surface area contributed by atoms with Gasteiger partial charge in [0, 0.05) is 31.6 Å². The van der Waals surface area contributed by atoms with E-state index in [0.29, 0.717) is 11.4 Å². The van der Waals surface area contributed by atoms with Gasteiger partial charge < -0.3 is 10.6 Å². The van der Waals surface area contributed by atoms with Crippen LogP contribution >= 0.6 is 12.4 Å². The fourth-order valence-corrected chi connectivity index (χ4v) is 5.39. The van der Waals surface area contributed by atoms with Crippen molar-refractivity contribution in [2.45, 2.75) is 70.4 Å². The molecule has 0 radical (unpaired) electrons. The van der Waals surface area contributed by atoms with E-state index in [1.165, 1.54) is 0 Å². The average molecular weight is 418 g/mol. The number of halogens is 1. The smallest absolute Gasteiger partial charge is 0.241 e. The normalized spacial score (nSPS) is 18.7. The summed E-state index contributed by atoms with van der Waals surface area (Å²) in [6, 6.07) is 3.68. The number of nitrogens with zero attached hydrogens (tertiary/aromatic N) is 1. The Morgan fingerprint density at radius 2 is 1.85 bits per heavy atom. The minimum Gasteiger partial charge on any atom is -0.338 e. The van der Waals surface area contributed by atoms with Crippen LogP contribution < -0.4 is 10.5 Å². The van der Waals surface area contributed by atoms with Gasteiger partial charge in [0.05, 0.1) is 4.90 Å². The van der Waals surface area contributed by atoms with Gasteiger partial charge in [0.15, 0.2) is 0 Å². The molecule has 6 nitrogen and oxygen atoms in total. The minimum atomic E-state index is -3.64. The molecular formula is C19H32ClN3O3S. The van der Waals surface area contributed by atoms with Crippen LogP contribution in [0.5, 0.6) is 0 Å². The van der Waals surface area contributed by atoms with Crippen LogP contribution in [0.15, 0.2) is 17.0 Å². The number of carbonyl (C=O) groups is 1. The second-order valence-corrected chi connectivity index (χ2v) is 9.09. The van der Waals surface area contributed by atoms with Crippen LogP contribution in [-0.4, -0.2) is 44.4 Å². The van der Waals surface area contributed by atoms with Gasteiger partial charge in [-0.15, -0.1) is 12.4 Å². The van der Waals surface area contributed by atoms with Gasteiger partial charge in [-0.05, 0) is 58.1 Å². The third-order valence-electron chi connectivity index (χ3n) is 4.98. The minimum absolute atomic E-state index is 0. The summed E-state index contributed by atoms with van der Waals surface area (Å²) in [7, 11) is -3.64. The van der Waals surface area contributed by atoms with Crippen molar-refractivity contribution in [2.75, 3.05) is 13.1 Å². The summed E-state index contributed by atoms with van der Waals surface area (Å²) in [4.78, 5) is 14.7. The van der Waals surface area contributed by atoms with E-state index in [2.05, 4.69) is 4.72 Å². The monoisotopic (exact) mass is 417 g/mol. The predicted molar refractivity (Wildman–Crippen MR) is 111 cm³/mol. The predicted octanol–water partition coefficient (Wildman–Crippen LogP) is 2.43. The average Bonchev–Trinajstić information content (AvgIpc) is 2.53. The summed E-state index contributed by atoms with van der Waals surface area (Å²) >= 11 is 0. The third kappa shape index (κ3) is 5.91. The van der Waals surface area contributed by atoms with Crippen molar-refractivity contribution in [1.82, 2.24) is 9.62 Å². The van der Waals surface area contributed by atoms with Crippen molar-refractivity contribution in [2.24, 2.45) is 5.73 Å². The molecule has 1 saturated heterocycles. The molecule has 1 amide bonds. The molecule has 1 fully saturated rings. The van der Waals surface area contributed by atoms with Crippen LogP contribution in [0, 0.1) is 20.8 Å². The summed E-state index contributed by atoms with van der Waals surface area (Å²) in [5, 5.41) is 0. The quantitative estimate of drug-likeness (QED) is 0.743. The molecule has 0 spiro atoms. The van der Waals surface area contributed by atoms with Crippen molar-refractivity contribution in [3.8, 4) is 0 Å². The van der Waals surface area contributed by atoms with E-state index in [9.17, 15) is 13.2 Å². The third-order valence-corrected chi connectivity index (χ3v) is 6.75. The van der Waals surface area contributed by atoms with Crippen molar-refractivity contribution >= 4 is 28.3 Å². The van der Waals surface area contributed by atoms with Crippen LogP contribution in [0.4, 0.5) is 0 Å². The highest BCUT2D eigenvalue weighted by Crippen LogP contribution is 2.22. The van der Waals surface area contributed by atoms with Crippen molar-refractivity contribution in [3.63, 3.8) is 0 Å². The van der Waals surface area contributed by atoms with Crippen molar-refractivity contribution in [3.05, 3.63) is 28.8 Å². The number of amides is 1. The van der Waals surface area contributed by atoms with Gasteiger partial charge in [-0.2, -0.15) is 0 Å². The molecule has 1 heterocycles. The molecule has 8 heteroatoms. The Kier molecular flexibility index (Phi) is 8.73. The van der Waals surface area contributed by atoms with Gasteiger partial charge in [-0.1, -0.05) is 17.7 Å². The van der Waals surface area contributed by atoms with Gasteiger partial charge in [0.25, 0.3) is 0 Å². The second-order valence-electron chi connectivity index (χ2n) is 7.38. The number of aryl methyl sites for hydroxylation is 3. The molecule has 0 saturated carbocycles. The van der Waals surface area contributed by atoms with Crippen molar-refractivity contribution in [1.29, 1.82) is 0 Å². The van der Waals surface area contributed by atoms with Gasteiger partial charge in [-0.3, -0.25) is 4.79 Å². The standard InChI is InChI=1S/C19H31N3O3S.ClH/c1-13-11-14(2)19(15(3)12-13)26(24,25)21-9-8-18(23)22-10-6-5-7-17(22)16(4)20;/h11-12,16-17,21H,5-10,20H2,1-4H3;1H. The molecule has 1 aromatic rings. The Labute approximate surface area is 169 Å². The maximum atomic E-state index is 12.7. The van der Waals surface area contributed by atoms with E-state index in [0.717, 1.165) is 36.0 Å². The number of nitrogens with one attached hydrogen (secondary N) is 1. The Morgan fingerprint density at radius 3 is 2.41 bits per heavy atom. The first kappa shape index (κ1) is 23.9. The topological polar surface area (TPSA) is 92.5 Å².